The van der Waals surface area contributed by atoms with Crippen LogP contribution in [0.3, 0.4) is 0 Å². The van der Waals surface area contributed by atoms with Crippen molar-refractivity contribution in [1.29, 1.82) is 0 Å². The lowest BCUT2D eigenvalue weighted by Crippen LogP contribution is -2.28. The topological polar surface area (TPSA) is 70.8 Å². The van der Waals surface area contributed by atoms with Gasteiger partial charge in [0, 0.05) is 19.0 Å². The van der Waals surface area contributed by atoms with Gasteiger partial charge in [0.05, 0.1) is 0 Å². The van der Waals surface area contributed by atoms with Crippen LogP contribution < -0.4 is 0 Å². The molecule has 0 aliphatic carbocycles. The van der Waals surface area contributed by atoms with Crippen molar-refractivity contribution in [2.24, 2.45) is 0 Å². The minimum atomic E-state index is -1.25. The molecule has 23 heavy (non-hydrogen) atoms. The van der Waals surface area contributed by atoms with Crippen LogP contribution in [0.2, 0.25) is 0 Å². The molecule has 3 rings (SSSR count). The lowest BCUT2D eigenvalue weighted by Gasteiger charge is -2.15. The van der Waals surface area contributed by atoms with Gasteiger partial charge in [-0.25, -0.2) is 13.6 Å². The smallest absolute Gasteiger partial charge is 0.371 e. The molecule has 2 heterocycles. The van der Waals surface area contributed by atoms with Crippen molar-refractivity contribution in [2.45, 2.75) is 12.3 Å². The first kappa shape index (κ1) is 15.2. The Balaban J connectivity index is 1.72. The van der Waals surface area contributed by atoms with Crippen molar-refractivity contribution in [3.05, 3.63) is 59.1 Å². The van der Waals surface area contributed by atoms with E-state index < -0.39 is 23.5 Å². The van der Waals surface area contributed by atoms with Crippen LogP contribution in [-0.2, 0) is 0 Å². The number of carbonyl (C=O) groups is 2. The van der Waals surface area contributed by atoms with Crippen LogP contribution in [0, 0.1) is 11.6 Å². The van der Waals surface area contributed by atoms with Crippen molar-refractivity contribution in [3.63, 3.8) is 0 Å². The predicted molar refractivity (Wildman–Crippen MR) is 75.3 cm³/mol. The lowest BCUT2D eigenvalue weighted by atomic mass is 9.98. The maximum atomic E-state index is 13.3. The number of nitrogens with zero attached hydrogens (tertiary/aromatic N) is 1. The molecule has 1 aliphatic rings. The van der Waals surface area contributed by atoms with E-state index in [1.807, 2.05) is 0 Å². The summed E-state index contributed by atoms with van der Waals surface area (Å²) >= 11 is 0. The fourth-order valence-corrected chi connectivity index (χ4v) is 2.71. The van der Waals surface area contributed by atoms with Gasteiger partial charge in [0.1, 0.15) is 0 Å². The molecular formula is C16H13F2NO4. The highest BCUT2D eigenvalue weighted by Gasteiger charge is 2.30. The van der Waals surface area contributed by atoms with E-state index in [4.69, 9.17) is 9.52 Å². The van der Waals surface area contributed by atoms with Crippen LogP contribution in [0.1, 0.15) is 39.0 Å². The second-order valence-electron chi connectivity index (χ2n) is 5.38. The number of carboxylic acids is 1. The number of rotatable bonds is 3. The van der Waals surface area contributed by atoms with Crippen molar-refractivity contribution >= 4 is 11.9 Å². The van der Waals surface area contributed by atoms with E-state index in [1.165, 1.54) is 23.1 Å². The van der Waals surface area contributed by atoms with Crippen molar-refractivity contribution < 1.29 is 27.9 Å². The van der Waals surface area contributed by atoms with E-state index >= 15 is 0 Å². The maximum Gasteiger partial charge on any atom is 0.371 e. The quantitative estimate of drug-likeness (QED) is 0.943. The van der Waals surface area contributed by atoms with Gasteiger partial charge < -0.3 is 14.4 Å². The molecule has 1 aromatic heterocycles. The molecule has 1 atom stereocenters. The molecule has 120 valence electrons. The van der Waals surface area contributed by atoms with E-state index in [2.05, 4.69) is 0 Å². The average Bonchev–Trinajstić information content (AvgIpc) is 3.18. The molecule has 0 radical (unpaired) electrons. The van der Waals surface area contributed by atoms with Gasteiger partial charge in [0.2, 0.25) is 5.76 Å². The Kier molecular flexibility index (Phi) is 3.85. The summed E-state index contributed by atoms with van der Waals surface area (Å²) in [5.74, 6) is -3.92. The van der Waals surface area contributed by atoms with Gasteiger partial charge in [-0.05, 0) is 36.2 Å². The first-order valence-electron chi connectivity index (χ1n) is 7.03. The molecule has 0 saturated carbocycles. The highest BCUT2D eigenvalue weighted by atomic mass is 19.2. The Labute approximate surface area is 130 Å². The molecule has 1 amide bonds. The first-order chi connectivity index (χ1) is 11.0. The van der Waals surface area contributed by atoms with E-state index in [9.17, 15) is 18.4 Å². The van der Waals surface area contributed by atoms with E-state index in [0.717, 1.165) is 12.1 Å². The van der Waals surface area contributed by atoms with Crippen molar-refractivity contribution in [2.75, 3.05) is 13.1 Å². The summed E-state index contributed by atoms with van der Waals surface area (Å²) in [6, 6.07) is 6.26. The zero-order chi connectivity index (χ0) is 16.6. The van der Waals surface area contributed by atoms with E-state index in [0.29, 0.717) is 25.1 Å². The summed E-state index contributed by atoms with van der Waals surface area (Å²) in [5.41, 5.74) is 0.630. The predicted octanol–water partition coefficient (Wildman–Crippen LogP) is 2.89. The molecule has 2 aromatic rings. The number of halogens is 2. The molecule has 1 unspecified atom stereocenters. The summed E-state index contributed by atoms with van der Waals surface area (Å²) in [7, 11) is 0. The average molecular weight is 321 g/mol. The maximum absolute atomic E-state index is 13.3. The van der Waals surface area contributed by atoms with Crippen LogP contribution in [-0.4, -0.2) is 35.0 Å². The summed E-state index contributed by atoms with van der Waals surface area (Å²) in [5, 5.41) is 8.80. The first-order valence-corrected chi connectivity index (χ1v) is 7.03. The highest BCUT2D eigenvalue weighted by molar-refractivity contribution is 5.93. The van der Waals surface area contributed by atoms with Crippen molar-refractivity contribution in [3.8, 4) is 0 Å². The zero-order valence-corrected chi connectivity index (χ0v) is 12.0. The summed E-state index contributed by atoms with van der Waals surface area (Å²) < 4.78 is 31.3. The number of likely N-dealkylation sites (tertiary alicyclic amines) is 1. The van der Waals surface area contributed by atoms with Crippen LogP contribution in [0.15, 0.2) is 34.7 Å². The van der Waals surface area contributed by atoms with Gasteiger partial charge in [0.15, 0.2) is 17.4 Å². The largest absolute Gasteiger partial charge is 0.475 e. The molecule has 7 heteroatoms. The number of benzene rings is 1. The number of amides is 1. The number of furan rings is 1. The Morgan fingerprint density at radius 3 is 2.52 bits per heavy atom. The Morgan fingerprint density at radius 2 is 1.87 bits per heavy atom. The van der Waals surface area contributed by atoms with E-state index in [1.54, 1.807) is 0 Å². The fourth-order valence-electron chi connectivity index (χ4n) is 2.71. The molecule has 1 aromatic carbocycles. The minimum Gasteiger partial charge on any atom is -0.475 e. The van der Waals surface area contributed by atoms with Crippen LogP contribution in [0.4, 0.5) is 8.78 Å². The molecule has 1 N–H and O–H groups in total. The van der Waals surface area contributed by atoms with Crippen LogP contribution >= 0.6 is 0 Å². The fraction of sp³-hybridized carbons (Fsp3) is 0.250. The third-order valence-corrected chi connectivity index (χ3v) is 3.92. The molecule has 1 fully saturated rings. The second-order valence-corrected chi connectivity index (χ2v) is 5.38. The number of carboxylic acid groups (broad SMARTS) is 1. The Bertz CT molecular complexity index is 771. The standard InChI is InChI=1S/C16H13F2NO4/c17-11-2-1-9(7-12(11)18)10-5-6-19(8-10)15(20)13-3-4-14(23-13)16(21)22/h1-4,7,10H,5-6,8H2,(H,21,22). The molecule has 1 aliphatic heterocycles. The zero-order valence-electron chi connectivity index (χ0n) is 12.0. The lowest BCUT2D eigenvalue weighted by molar-refractivity contribution is 0.0653. The Hall–Kier alpha value is -2.70. The molecule has 0 spiro atoms. The van der Waals surface area contributed by atoms with Crippen LogP contribution in [0.25, 0.3) is 0 Å². The minimum absolute atomic E-state index is 0.0478. The number of carbonyl (C=O) groups excluding carboxylic acids is 1. The third kappa shape index (κ3) is 2.94. The number of aromatic carboxylic acids is 1. The summed E-state index contributed by atoms with van der Waals surface area (Å²) in [6.07, 6.45) is 0.614. The molecule has 5 nitrogen and oxygen atoms in total. The normalized spacial score (nSPS) is 17.5. The van der Waals surface area contributed by atoms with Gasteiger partial charge in [-0.3, -0.25) is 4.79 Å². The van der Waals surface area contributed by atoms with Gasteiger partial charge in [-0.15, -0.1) is 0 Å². The molecule has 1 saturated heterocycles. The van der Waals surface area contributed by atoms with Gasteiger partial charge in [-0.2, -0.15) is 0 Å². The van der Waals surface area contributed by atoms with Gasteiger partial charge in [0.25, 0.3) is 5.91 Å². The number of hydrogen-bond acceptors (Lipinski definition) is 3. The van der Waals surface area contributed by atoms with Crippen molar-refractivity contribution in [1.82, 2.24) is 4.90 Å². The summed E-state index contributed by atoms with van der Waals surface area (Å²) in [4.78, 5) is 24.6. The third-order valence-electron chi connectivity index (χ3n) is 3.92. The van der Waals surface area contributed by atoms with E-state index in [-0.39, 0.29) is 17.4 Å². The number of hydrogen-bond donors (Lipinski definition) is 1. The molecular weight excluding hydrogens is 308 g/mol. The van der Waals surface area contributed by atoms with Crippen LogP contribution in [0.5, 0.6) is 0 Å². The van der Waals surface area contributed by atoms with Gasteiger partial charge in [-0.1, -0.05) is 6.07 Å². The molecule has 0 bridgehead atoms. The highest BCUT2D eigenvalue weighted by Crippen LogP contribution is 2.29. The SMILES string of the molecule is O=C(O)c1ccc(C(=O)N2CCC(c3ccc(F)c(F)c3)C2)o1. The summed E-state index contributed by atoms with van der Waals surface area (Å²) in [6.45, 7) is 0.776. The second kappa shape index (κ2) is 5.83. The Morgan fingerprint density at radius 1 is 1.13 bits per heavy atom. The monoisotopic (exact) mass is 321 g/mol. The van der Waals surface area contributed by atoms with Gasteiger partial charge >= 0.3 is 5.97 Å².